The number of alkyl halides is 2. The standard InChI is InChI=1S/C21H21F2N3O4.ClH/c1-3-14-17(24-19(28)16(18(14)27)20(29)30)11-4-5-15-12(6-11)7-13(25(15)2)8-26-9-21(22,23)10-26;/h4-7H,3,8-10H2,1-2H3,(H,29,30)(H2,24,27,28);1H. The number of benzene rings is 1. The molecule has 0 bridgehead atoms. The maximum absolute atomic E-state index is 13.1. The van der Waals surface area contributed by atoms with Crippen LogP contribution < -0.4 is 5.56 Å². The highest BCUT2D eigenvalue weighted by atomic mass is 35.5. The molecule has 0 amide bonds. The number of nitrogens with one attached hydrogen (secondary N) is 1. The fraction of sp³-hybridized carbons (Fsp3) is 0.333. The van der Waals surface area contributed by atoms with Crippen LogP contribution in [0.2, 0.25) is 0 Å². The lowest BCUT2D eigenvalue weighted by molar-refractivity contribution is -0.134. The summed E-state index contributed by atoms with van der Waals surface area (Å²) in [5, 5.41) is 20.4. The van der Waals surface area contributed by atoms with Crippen LogP contribution in [0.15, 0.2) is 29.1 Å². The van der Waals surface area contributed by atoms with E-state index in [0.29, 0.717) is 29.8 Å². The van der Waals surface area contributed by atoms with E-state index in [1.54, 1.807) is 17.9 Å². The lowest BCUT2D eigenvalue weighted by Gasteiger charge is -2.38. The van der Waals surface area contributed by atoms with E-state index in [2.05, 4.69) is 4.98 Å². The molecule has 0 radical (unpaired) electrons. The van der Waals surface area contributed by atoms with Gasteiger partial charge in [-0.05, 0) is 30.2 Å². The second kappa shape index (κ2) is 7.97. The van der Waals surface area contributed by atoms with E-state index in [0.717, 1.165) is 16.6 Å². The Labute approximate surface area is 182 Å². The van der Waals surface area contributed by atoms with Gasteiger partial charge in [0.05, 0.1) is 18.8 Å². The molecule has 0 aliphatic carbocycles. The van der Waals surface area contributed by atoms with Crippen LogP contribution in [-0.2, 0) is 20.0 Å². The molecular formula is C21H22ClF2N3O4. The molecule has 1 fully saturated rings. The molecule has 1 aliphatic rings. The van der Waals surface area contributed by atoms with Gasteiger partial charge in [0, 0.05) is 35.8 Å². The van der Waals surface area contributed by atoms with Gasteiger partial charge in [0.25, 0.3) is 11.5 Å². The van der Waals surface area contributed by atoms with Crippen molar-refractivity contribution < 1.29 is 23.8 Å². The molecule has 4 rings (SSSR count). The number of carboxylic acid groups (broad SMARTS) is 1. The van der Waals surface area contributed by atoms with Crippen LogP contribution in [0, 0.1) is 0 Å². The summed E-state index contributed by atoms with van der Waals surface area (Å²) >= 11 is 0. The molecule has 3 heterocycles. The van der Waals surface area contributed by atoms with Gasteiger partial charge in [-0.1, -0.05) is 13.0 Å². The van der Waals surface area contributed by atoms with Gasteiger partial charge >= 0.3 is 5.97 Å². The maximum Gasteiger partial charge on any atom is 0.345 e. The molecule has 2 aromatic heterocycles. The molecule has 10 heteroatoms. The Morgan fingerprint density at radius 3 is 2.52 bits per heavy atom. The Morgan fingerprint density at radius 1 is 1.26 bits per heavy atom. The van der Waals surface area contributed by atoms with Crippen molar-refractivity contribution in [3.05, 3.63) is 51.4 Å². The molecule has 0 spiro atoms. The number of rotatable bonds is 5. The number of aromatic hydroxyl groups is 1. The van der Waals surface area contributed by atoms with Crippen LogP contribution in [0.4, 0.5) is 8.78 Å². The minimum Gasteiger partial charge on any atom is -0.506 e. The number of aryl methyl sites for hydroxylation is 1. The monoisotopic (exact) mass is 453 g/mol. The molecule has 1 aromatic carbocycles. The number of likely N-dealkylation sites (tertiary alicyclic amines) is 1. The summed E-state index contributed by atoms with van der Waals surface area (Å²) in [6.45, 7) is 1.65. The zero-order chi connectivity index (χ0) is 21.8. The van der Waals surface area contributed by atoms with Gasteiger partial charge < -0.3 is 19.8 Å². The summed E-state index contributed by atoms with van der Waals surface area (Å²) in [5.74, 6) is -4.64. The summed E-state index contributed by atoms with van der Waals surface area (Å²) in [4.78, 5) is 27.8. The second-order valence-electron chi connectivity index (χ2n) is 7.66. The number of hydrogen-bond donors (Lipinski definition) is 3. The van der Waals surface area contributed by atoms with E-state index in [9.17, 15) is 28.6 Å². The van der Waals surface area contributed by atoms with Gasteiger partial charge in [-0.3, -0.25) is 9.69 Å². The Hall–Kier alpha value is -2.91. The summed E-state index contributed by atoms with van der Waals surface area (Å²) < 4.78 is 28.2. The minimum absolute atomic E-state index is 0. The van der Waals surface area contributed by atoms with Crippen molar-refractivity contribution in [1.29, 1.82) is 0 Å². The van der Waals surface area contributed by atoms with Crippen molar-refractivity contribution in [2.24, 2.45) is 7.05 Å². The van der Waals surface area contributed by atoms with Crippen LogP contribution in [0.3, 0.4) is 0 Å². The molecule has 3 N–H and O–H groups in total. The van der Waals surface area contributed by atoms with E-state index in [1.807, 2.05) is 29.8 Å². The molecule has 0 unspecified atom stereocenters. The van der Waals surface area contributed by atoms with E-state index < -0.39 is 28.8 Å². The number of carboxylic acids is 1. The third kappa shape index (κ3) is 3.90. The Bertz CT molecular complexity index is 1230. The molecule has 3 aromatic rings. The second-order valence-corrected chi connectivity index (χ2v) is 7.66. The number of halogens is 3. The largest absolute Gasteiger partial charge is 0.506 e. The Balaban J connectivity index is 0.00000272. The minimum atomic E-state index is -2.62. The number of fused-ring (bicyclic) bond motifs is 1. The number of H-pyrrole nitrogens is 1. The number of aromatic amines is 1. The first-order valence-electron chi connectivity index (χ1n) is 9.51. The molecule has 0 saturated carbocycles. The maximum atomic E-state index is 13.1. The van der Waals surface area contributed by atoms with Crippen LogP contribution >= 0.6 is 12.4 Å². The number of aromatic carboxylic acids is 1. The zero-order valence-electron chi connectivity index (χ0n) is 16.9. The number of nitrogens with zero attached hydrogens (tertiary/aromatic N) is 2. The molecule has 0 atom stereocenters. The van der Waals surface area contributed by atoms with Gasteiger partial charge in [0.1, 0.15) is 5.75 Å². The van der Waals surface area contributed by atoms with Crippen LogP contribution in [0.25, 0.3) is 22.2 Å². The van der Waals surface area contributed by atoms with Gasteiger partial charge in [0.15, 0.2) is 5.56 Å². The highest BCUT2D eigenvalue weighted by Crippen LogP contribution is 2.33. The summed E-state index contributed by atoms with van der Waals surface area (Å²) in [6, 6.07) is 7.35. The van der Waals surface area contributed by atoms with Crippen molar-refractivity contribution in [3.63, 3.8) is 0 Å². The summed E-state index contributed by atoms with van der Waals surface area (Å²) in [5.41, 5.74) is 1.55. The van der Waals surface area contributed by atoms with E-state index in [4.69, 9.17) is 0 Å². The average molecular weight is 454 g/mol. The van der Waals surface area contributed by atoms with E-state index in [-0.39, 0.29) is 25.5 Å². The number of pyridine rings is 1. The fourth-order valence-electron chi connectivity index (χ4n) is 4.08. The molecule has 1 saturated heterocycles. The number of carbonyl (C=O) groups is 1. The molecule has 166 valence electrons. The predicted octanol–water partition coefficient (Wildman–Crippen LogP) is 3.37. The molecular weight excluding hydrogens is 432 g/mol. The molecule has 31 heavy (non-hydrogen) atoms. The van der Waals surface area contributed by atoms with Crippen molar-refractivity contribution in [2.45, 2.75) is 25.8 Å². The Morgan fingerprint density at radius 2 is 1.94 bits per heavy atom. The van der Waals surface area contributed by atoms with Crippen molar-refractivity contribution in [2.75, 3.05) is 13.1 Å². The summed E-state index contributed by atoms with van der Waals surface area (Å²) in [6.07, 6.45) is 0.319. The first kappa shape index (κ1) is 22.8. The van der Waals surface area contributed by atoms with E-state index in [1.165, 1.54) is 0 Å². The normalized spacial score (nSPS) is 15.5. The Kier molecular flexibility index (Phi) is 5.86. The fourth-order valence-corrected chi connectivity index (χ4v) is 4.08. The first-order chi connectivity index (χ1) is 14.1. The smallest absolute Gasteiger partial charge is 0.345 e. The quantitative estimate of drug-likeness (QED) is 0.550. The van der Waals surface area contributed by atoms with Crippen molar-refractivity contribution in [1.82, 2.24) is 14.5 Å². The highest BCUT2D eigenvalue weighted by Gasteiger charge is 2.43. The summed E-state index contributed by atoms with van der Waals surface area (Å²) in [7, 11) is 1.86. The van der Waals surface area contributed by atoms with Crippen LogP contribution in [-0.4, -0.2) is 49.6 Å². The van der Waals surface area contributed by atoms with Gasteiger partial charge in [-0.15, -0.1) is 12.4 Å². The zero-order valence-corrected chi connectivity index (χ0v) is 17.7. The lowest BCUT2D eigenvalue weighted by Crippen LogP contribution is -2.55. The average Bonchev–Trinajstić information content (AvgIpc) is 2.94. The molecule has 1 aliphatic heterocycles. The topological polar surface area (TPSA) is 98.6 Å². The number of hydrogen-bond acceptors (Lipinski definition) is 4. The van der Waals surface area contributed by atoms with Gasteiger partial charge in [-0.2, -0.15) is 0 Å². The lowest BCUT2D eigenvalue weighted by atomic mass is 9.99. The van der Waals surface area contributed by atoms with E-state index >= 15 is 0 Å². The SMILES string of the molecule is CCc1c(-c2ccc3c(c2)cc(CN2CC(F)(F)C2)n3C)[nH]c(=O)c(C(=O)O)c1O.Cl. The number of aromatic nitrogens is 2. The van der Waals surface area contributed by atoms with Gasteiger partial charge in [-0.25, -0.2) is 13.6 Å². The van der Waals surface area contributed by atoms with Gasteiger partial charge in [0.2, 0.25) is 0 Å². The molecule has 7 nitrogen and oxygen atoms in total. The third-order valence-corrected chi connectivity index (χ3v) is 5.58. The van der Waals surface area contributed by atoms with Crippen LogP contribution in [0.5, 0.6) is 5.75 Å². The van der Waals surface area contributed by atoms with Crippen molar-refractivity contribution >= 4 is 29.3 Å². The van der Waals surface area contributed by atoms with Crippen LogP contribution in [0.1, 0.15) is 28.5 Å². The third-order valence-electron chi connectivity index (χ3n) is 5.58. The van der Waals surface area contributed by atoms with Crippen molar-refractivity contribution in [3.8, 4) is 17.0 Å². The highest BCUT2D eigenvalue weighted by molar-refractivity contribution is 5.92. The first-order valence-corrected chi connectivity index (χ1v) is 9.51. The predicted molar refractivity (Wildman–Crippen MR) is 114 cm³/mol.